The molecule has 1 aromatic carbocycles. The van der Waals surface area contributed by atoms with E-state index in [1.165, 1.54) is 7.11 Å². The smallest absolute Gasteiger partial charge is 0.373 e. The van der Waals surface area contributed by atoms with Crippen molar-refractivity contribution in [3.05, 3.63) is 35.9 Å². The summed E-state index contributed by atoms with van der Waals surface area (Å²) in [7, 11) is 1.23. The second-order valence-electron chi connectivity index (χ2n) is 2.81. The molecule has 15 heavy (non-hydrogen) atoms. The minimum atomic E-state index is -0.984. The van der Waals surface area contributed by atoms with Crippen molar-refractivity contribution >= 4 is 11.8 Å². The molecule has 0 aliphatic carbocycles. The maximum Gasteiger partial charge on any atom is 0.373 e. The van der Waals surface area contributed by atoms with Gasteiger partial charge >= 0.3 is 5.97 Å². The van der Waals surface area contributed by atoms with Gasteiger partial charge in [-0.1, -0.05) is 30.3 Å². The number of Topliss-reactive ketones (excluding diaryl/α,β-unsaturated/α-hetero) is 1. The van der Waals surface area contributed by atoms with Crippen molar-refractivity contribution in [3.8, 4) is 0 Å². The Balaban J connectivity index is 0.00000196. The van der Waals surface area contributed by atoms with Crippen LogP contribution < -0.4 is 18.1 Å². The van der Waals surface area contributed by atoms with Gasteiger partial charge in [-0.3, -0.25) is 4.79 Å². The largest absolute Gasteiger partial charge is 1.00 e. The molecule has 0 saturated heterocycles. The highest BCUT2D eigenvalue weighted by atomic mass is 35.5. The summed E-state index contributed by atoms with van der Waals surface area (Å²) in [5.41, 5.74) is 3.93. The van der Waals surface area contributed by atoms with Crippen LogP contribution in [0.15, 0.2) is 30.3 Å². The molecule has 1 rings (SSSR count). The third-order valence-electron chi connectivity index (χ3n) is 1.86. The van der Waals surface area contributed by atoms with Crippen LogP contribution in [-0.4, -0.2) is 24.9 Å². The molecule has 0 fully saturated rings. The molecule has 5 heteroatoms. The molecule has 0 heterocycles. The molecule has 0 aromatic heterocycles. The van der Waals surface area contributed by atoms with Crippen molar-refractivity contribution < 1.29 is 32.5 Å². The van der Waals surface area contributed by atoms with Crippen LogP contribution in [0.1, 0.15) is 10.4 Å². The SMILES string of the molecule is COC(=O)C([NH3+])C(=O)c1ccccc1.[Cl-]. The van der Waals surface area contributed by atoms with Crippen molar-refractivity contribution in [3.63, 3.8) is 0 Å². The zero-order chi connectivity index (χ0) is 10.6. The molecule has 0 aliphatic rings. The summed E-state index contributed by atoms with van der Waals surface area (Å²) in [6.07, 6.45) is 0. The molecule has 82 valence electrons. The predicted octanol–water partition coefficient (Wildman–Crippen LogP) is -3.34. The standard InChI is InChI=1S/C10H11NO3.ClH/c1-14-10(13)8(11)9(12)7-5-3-2-4-6-7;/h2-6,8H,11H2,1H3;1H. The van der Waals surface area contributed by atoms with Crippen LogP contribution in [0.3, 0.4) is 0 Å². The van der Waals surface area contributed by atoms with Crippen LogP contribution in [0.2, 0.25) is 0 Å². The van der Waals surface area contributed by atoms with Crippen molar-refractivity contribution in [2.24, 2.45) is 0 Å². The Morgan fingerprint density at radius 1 is 1.27 bits per heavy atom. The lowest BCUT2D eigenvalue weighted by Crippen LogP contribution is -3.00. The van der Waals surface area contributed by atoms with Crippen LogP contribution in [0.5, 0.6) is 0 Å². The van der Waals surface area contributed by atoms with Crippen LogP contribution in [0.4, 0.5) is 0 Å². The van der Waals surface area contributed by atoms with Crippen molar-refractivity contribution in [1.82, 2.24) is 0 Å². The number of halogens is 1. The zero-order valence-corrected chi connectivity index (χ0v) is 9.03. The number of ketones is 1. The Hall–Kier alpha value is -1.39. The number of hydrogen-bond donors (Lipinski definition) is 1. The summed E-state index contributed by atoms with van der Waals surface area (Å²) in [6, 6.07) is 7.57. The maximum atomic E-state index is 11.6. The summed E-state index contributed by atoms with van der Waals surface area (Å²) in [5.74, 6) is -0.934. The minimum absolute atomic E-state index is 0. The second kappa shape index (κ2) is 6.16. The van der Waals surface area contributed by atoms with E-state index in [4.69, 9.17) is 0 Å². The number of hydrogen-bond acceptors (Lipinski definition) is 3. The van der Waals surface area contributed by atoms with Gasteiger partial charge in [0.1, 0.15) is 0 Å². The third-order valence-corrected chi connectivity index (χ3v) is 1.86. The fraction of sp³-hybridized carbons (Fsp3) is 0.200. The molecule has 0 amide bonds. The Bertz CT molecular complexity index is 340. The number of ether oxygens (including phenoxy) is 1. The summed E-state index contributed by atoms with van der Waals surface area (Å²) in [5, 5.41) is 0. The van der Waals surface area contributed by atoms with Gasteiger partial charge in [-0.25, -0.2) is 4.79 Å². The average molecular weight is 230 g/mol. The van der Waals surface area contributed by atoms with E-state index >= 15 is 0 Å². The number of rotatable bonds is 3. The molecular formula is C10H12ClNO3. The monoisotopic (exact) mass is 229 g/mol. The molecule has 4 nitrogen and oxygen atoms in total. The van der Waals surface area contributed by atoms with Crippen molar-refractivity contribution in [2.75, 3.05) is 7.11 Å². The molecule has 0 saturated carbocycles. The van der Waals surface area contributed by atoms with Crippen molar-refractivity contribution in [2.45, 2.75) is 6.04 Å². The van der Waals surface area contributed by atoms with E-state index in [0.29, 0.717) is 5.56 Å². The second-order valence-corrected chi connectivity index (χ2v) is 2.81. The molecule has 1 atom stereocenters. The van der Waals surface area contributed by atoms with E-state index in [1.54, 1.807) is 30.3 Å². The van der Waals surface area contributed by atoms with E-state index in [-0.39, 0.29) is 18.2 Å². The minimum Gasteiger partial charge on any atom is -1.00 e. The lowest BCUT2D eigenvalue weighted by Gasteiger charge is -2.04. The number of esters is 1. The fourth-order valence-corrected chi connectivity index (χ4v) is 1.05. The lowest BCUT2D eigenvalue weighted by molar-refractivity contribution is -0.388. The van der Waals surface area contributed by atoms with Gasteiger partial charge in [0.15, 0.2) is 0 Å². The van der Waals surface area contributed by atoms with Gasteiger partial charge in [0.25, 0.3) is 0 Å². The molecule has 3 N–H and O–H groups in total. The molecule has 0 spiro atoms. The fourth-order valence-electron chi connectivity index (χ4n) is 1.05. The normalized spacial score (nSPS) is 11.1. The molecular weight excluding hydrogens is 218 g/mol. The summed E-state index contributed by atoms with van der Waals surface area (Å²) in [4.78, 5) is 22.6. The topological polar surface area (TPSA) is 71.0 Å². The first-order chi connectivity index (χ1) is 6.66. The Kier molecular flexibility index (Phi) is 5.59. The highest BCUT2D eigenvalue weighted by Gasteiger charge is 2.27. The van der Waals surface area contributed by atoms with Crippen LogP contribution in [0.25, 0.3) is 0 Å². The van der Waals surface area contributed by atoms with Gasteiger partial charge < -0.3 is 22.9 Å². The predicted molar refractivity (Wildman–Crippen MR) is 49.5 cm³/mol. The average Bonchev–Trinajstić information content (AvgIpc) is 2.27. The molecule has 0 aliphatic heterocycles. The lowest BCUT2D eigenvalue weighted by atomic mass is 10.1. The van der Waals surface area contributed by atoms with E-state index < -0.39 is 12.0 Å². The van der Waals surface area contributed by atoms with Gasteiger partial charge in [0, 0.05) is 5.56 Å². The Labute approximate surface area is 93.8 Å². The Morgan fingerprint density at radius 3 is 2.27 bits per heavy atom. The maximum absolute atomic E-state index is 11.6. The molecule has 0 radical (unpaired) electrons. The van der Waals surface area contributed by atoms with Crippen LogP contribution in [0, 0.1) is 0 Å². The number of carbonyl (C=O) groups excluding carboxylic acids is 2. The first-order valence-corrected chi connectivity index (χ1v) is 4.17. The summed E-state index contributed by atoms with van der Waals surface area (Å²) >= 11 is 0. The van der Waals surface area contributed by atoms with E-state index in [2.05, 4.69) is 10.5 Å². The Morgan fingerprint density at radius 2 is 1.80 bits per heavy atom. The van der Waals surface area contributed by atoms with Crippen LogP contribution in [-0.2, 0) is 9.53 Å². The molecule has 0 bridgehead atoms. The highest BCUT2D eigenvalue weighted by molar-refractivity contribution is 6.10. The first-order valence-electron chi connectivity index (χ1n) is 4.17. The summed E-state index contributed by atoms with van der Waals surface area (Å²) < 4.78 is 4.43. The first kappa shape index (κ1) is 13.6. The number of benzene rings is 1. The van der Waals surface area contributed by atoms with Gasteiger partial charge in [0.2, 0.25) is 11.8 Å². The van der Waals surface area contributed by atoms with Gasteiger partial charge in [-0.2, -0.15) is 0 Å². The van der Waals surface area contributed by atoms with Crippen molar-refractivity contribution in [1.29, 1.82) is 0 Å². The number of carbonyl (C=O) groups is 2. The zero-order valence-electron chi connectivity index (χ0n) is 8.27. The highest BCUT2D eigenvalue weighted by Crippen LogP contribution is 2.02. The van der Waals surface area contributed by atoms with E-state index in [1.807, 2.05) is 0 Å². The van der Waals surface area contributed by atoms with E-state index in [0.717, 1.165) is 0 Å². The van der Waals surface area contributed by atoms with Crippen LogP contribution >= 0.6 is 0 Å². The van der Waals surface area contributed by atoms with E-state index in [9.17, 15) is 9.59 Å². The number of methoxy groups -OCH3 is 1. The molecule has 1 aromatic rings. The van der Waals surface area contributed by atoms with Gasteiger partial charge in [0.05, 0.1) is 7.11 Å². The third kappa shape index (κ3) is 3.34. The molecule has 1 unspecified atom stereocenters. The van der Waals surface area contributed by atoms with Gasteiger partial charge in [-0.05, 0) is 0 Å². The van der Waals surface area contributed by atoms with Gasteiger partial charge in [-0.15, -0.1) is 0 Å². The quantitative estimate of drug-likeness (QED) is 0.335. The number of quaternary nitrogens is 1. The summed E-state index contributed by atoms with van der Waals surface area (Å²) in [6.45, 7) is 0.